The van der Waals surface area contributed by atoms with Crippen LogP contribution >= 0.6 is 25.3 Å². The van der Waals surface area contributed by atoms with Crippen LogP contribution in [0, 0.1) is 0 Å². The monoisotopic (exact) mass is 362 g/mol. The van der Waals surface area contributed by atoms with Crippen molar-refractivity contribution in [3.05, 3.63) is 29.3 Å². The lowest BCUT2D eigenvalue weighted by Gasteiger charge is -2.43. The summed E-state index contributed by atoms with van der Waals surface area (Å²) in [5.74, 6) is 0. The second-order valence-electron chi connectivity index (χ2n) is 6.48. The van der Waals surface area contributed by atoms with Crippen LogP contribution in [0.15, 0.2) is 18.2 Å². The zero-order valence-corrected chi connectivity index (χ0v) is 14.8. The van der Waals surface area contributed by atoms with Crippen LogP contribution in [0.1, 0.15) is 24.0 Å². The largest absolute Gasteiger partial charge is 0.393 e. The third kappa shape index (κ3) is 3.46. The molecule has 2 aliphatic heterocycles. The van der Waals surface area contributed by atoms with E-state index in [4.69, 9.17) is 25.3 Å². The number of fused-ring (bicyclic) bond motifs is 1. The van der Waals surface area contributed by atoms with Crippen molar-refractivity contribution in [3.63, 3.8) is 0 Å². The SMILES string of the molecule is CN1CCC[C@@H]1C(S)(S)N1CCc2ccc(CC(F)(F)F)cc21. The molecule has 0 spiro atoms. The summed E-state index contributed by atoms with van der Waals surface area (Å²) in [4.78, 5) is 4.29. The van der Waals surface area contributed by atoms with Gasteiger partial charge in [0.05, 0.1) is 12.5 Å². The predicted molar refractivity (Wildman–Crippen MR) is 93.6 cm³/mol. The molecule has 1 atom stereocenters. The van der Waals surface area contributed by atoms with Crippen LogP contribution in [0.4, 0.5) is 18.9 Å². The van der Waals surface area contributed by atoms with Gasteiger partial charge < -0.3 is 4.90 Å². The molecule has 1 fully saturated rings. The first-order valence-electron chi connectivity index (χ1n) is 7.79. The summed E-state index contributed by atoms with van der Waals surface area (Å²) in [6, 6.07) is 5.22. The van der Waals surface area contributed by atoms with Gasteiger partial charge in [0.2, 0.25) is 0 Å². The van der Waals surface area contributed by atoms with Crippen molar-refractivity contribution in [1.29, 1.82) is 0 Å². The molecule has 0 N–H and O–H groups in total. The Kier molecular flexibility index (Phi) is 4.57. The van der Waals surface area contributed by atoms with E-state index in [0.717, 1.165) is 43.6 Å². The molecule has 1 aromatic carbocycles. The second-order valence-corrected chi connectivity index (χ2v) is 8.20. The van der Waals surface area contributed by atoms with Crippen molar-refractivity contribution in [3.8, 4) is 0 Å². The van der Waals surface area contributed by atoms with Crippen molar-refractivity contribution >= 4 is 30.9 Å². The molecule has 23 heavy (non-hydrogen) atoms. The van der Waals surface area contributed by atoms with Crippen LogP contribution in [0.3, 0.4) is 0 Å². The standard InChI is InChI=1S/C16H21F3N2S2/c1-20-7-2-3-14(20)16(22,23)21-8-6-12-5-4-11(9-13(12)21)10-15(17,18)19/h4-5,9,14,22-23H,2-3,6-8,10H2,1H3/t14-/m1/s1. The summed E-state index contributed by atoms with van der Waals surface area (Å²) < 4.78 is 37.3. The van der Waals surface area contributed by atoms with Gasteiger partial charge in [0.1, 0.15) is 4.20 Å². The van der Waals surface area contributed by atoms with Gasteiger partial charge in [-0.25, -0.2) is 0 Å². The molecule has 2 heterocycles. The van der Waals surface area contributed by atoms with Crippen LogP contribution in [-0.2, 0) is 12.8 Å². The van der Waals surface area contributed by atoms with Crippen molar-refractivity contribution in [2.75, 3.05) is 25.0 Å². The van der Waals surface area contributed by atoms with Gasteiger partial charge in [-0.3, -0.25) is 4.90 Å². The molecule has 0 aliphatic carbocycles. The highest BCUT2D eigenvalue weighted by atomic mass is 32.2. The van der Waals surface area contributed by atoms with Gasteiger partial charge in [0, 0.05) is 12.2 Å². The molecule has 0 aromatic heterocycles. The molecule has 3 rings (SSSR count). The van der Waals surface area contributed by atoms with E-state index < -0.39 is 16.8 Å². The molecular weight excluding hydrogens is 341 g/mol. The van der Waals surface area contributed by atoms with E-state index in [1.54, 1.807) is 12.1 Å². The normalized spacial score (nSPS) is 22.7. The van der Waals surface area contributed by atoms with E-state index in [9.17, 15) is 13.2 Å². The van der Waals surface area contributed by atoms with Crippen molar-refractivity contribution in [2.45, 2.75) is 42.1 Å². The number of halogens is 3. The van der Waals surface area contributed by atoms with Crippen LogP contribution in [-0.4, -0.2) is 41.5 Å². The van der Waals surface area contributed by atoms with Crippen molar-refractivity contribution in [1.82, 2.24) is 4.90 Å². The second kappa shape index (κ2) is 6.08. The number of likely N-dealkylation sites (tertiary alicyclic amines) is 1. The Morgan fingerprint density at radius 3 is 2.57 bits per heavy atom. The summed E-state index contributed by atoms with van der Waals surface area (Å²) in [5, 5.41) is 0. The lowest BCUT2D eigenvalue weighted by atomic mass is 10.1. The minimum absolute atomic E-state index is 0.173. The molecule has 7 heteroatoms. The highest BCUT2D eigenvalue weighted by Crippen LogP contribution is 2.44. The van der Waals surface area contributed by atoms with Crippen molar-refractivity contribution in [2.24, 2.45) is 0 Å². The number of nitrogens with zero attached hydrogens (tertiary/aromatic N) is 2. The summed E-state index contributed by atoms with van der Waals surface area (Å²) in [6.45, 7) is 1.74. The molecule has 0 bridgehead atoms. The zero-order valence-electron chi connectivity index (χ0n) is 13.0. The smallest absolute Gasteiger partial charge is 0.347 e. The molecule has 1 aromatic rings. The number of anilines is 1. The topological polar surface area (TPSA) is 6.48 Å². The van der Waals surface area contributed by atoms with Gasteiger partial charge in [-0.1, -0.05) is 12.1 Å². The minimum Gasteiger partial charge on any atom is -0.347 e. The van der Waals surface area contributed by atoms with Crippen LogP contribution < -0.4 is 4.90 Å². The summed E-state index contributed by atoms with van der Waals surface area (Å²) in [5.41, 5.74) is 2.21. The quantitative estimate of drug-likeness (QED) is 0.624. The molecule has 0 saturated carbocycles. The molecule has 0 unspecified atom stereocenters. The predicted octanol–water partition coefficient (Wildman–Crippen LogP) is 3.76. The Labute approximate surface area is 145 Å². The Balaban J connectivity index is 1.89. The molecule has 1 saturated heterocycles. The van der Waals surface area contributed by atoms with E-state index in [1.165, 1.54) is 0 Å². The minimum atomic E-state index is -4.19. The maximum absolute atomic E-state index is 12.7. The van der Waals surface area contributed by atoms with E-state index >= 15 is 0 Å². The third-order valence-electron chi connectivity index (χ3n) is 4.81. The Morgan fingerprint density at radius 2 is 1.96 bits per heavy atom. The first-order valence-corrected chi connectivity index (χ1v) is 8.69. The first-order chi connectivity index (χ1) is 10.7. The molecule has 2 aliphatic rings. The highest BCUT2D eigenvalue weighted by Gasteiger charge is 2.44. The van der Waals surface area contributed by atoms with E-state index in [1.807, 2.05) is 6.07 Å². The average Bonchev–Trinajstić information content (AvgIpc) is 3.02. The number of hydrogen-bond donors (Lipinski definition) is 2. The number of likely N-dealkylation sites (N-methyl/N-ethyl adjacent to an activating group) is 1. The fourth-order valence-electron chi connectivity index (χ4n) is 3.69. The Morgan fingerprint density at radius 1 is 1.22 bits per heavy atom. The molecule has 0 radical (unpaired) electrons. The summed E-state index contributed by atoms with van der Waals surface area (Å²) in [7, 11) is 2.05. The number of rotatable bonds is 3. The lowest BCUT2D eigenvalue weighted by molar-refractivity contribution is -0.127. The fraction of sp³-hybridized carbons (Fsp3) is 0.625. The Bertz CT molecular complexity index is 589. The van der Waals surface area contributed by atoms with Gasteiger partial charge in [-0.05, 0) is 50.0 Å². The van der Waals surface area contributed by atoms with Gasteiger partial charge in [0.15, 0.2) is 0 Å². The molecule has 128 valence electrons. The van der Waals surface area contributed by atoms with Gasteiger partial charge in [-0.15, -0.1) is 25.3 Å². The van der Waals surface area contributed by atoms with Crippen LogP contribution in [0.25, 0.3) is 0 Å². The number of hydrogen-bond acceptors (Lipinski definition) is 4. The van der Waals surface area contributed by atoms with Crippen LogP contribution in [0.2, 0.25) is 0 Å². The number of alkyl halides is 3. The molecule has 0 amide bonds. The van der Waals surface area contributed by atoms with Gasteiger partial charge in [-0.2, -0.15) is 13.2 Å². The van der Waals surface area contributed by atoms with Crippen LogP contribution in [0.5, 0.6) is 0 Å². The fourth-order valence-corrected chi connectivity index (χ4v) is 4.76. The Hall–Kier alpha value is -0.530. The maximum Gasteiger partial charge on any atom is 0.393 e. The van der Waals surface area contributed by atoms with E-state index in [2.05, 4.69) is 16.8 Å². The average molecular weight is 362 g/mol. The lowest BCUT2D eigenvalue weighted by Crippen LogP contribution is -2.52. The number of benzene rings is 1. The third-order valence-corrected chi connectivity index (χ3v) is 5.89. The van der Waals surface area contributed by atoms with Gasteiger partial charge in [0.25, 0.3) is 0 Å². The molecular formula is C16H21F3N2S2. The number of thiol groups is 2. The maximum atomic E-state index is 12.7. The first kappa shape index (κ1) is 17.3. The zero-order chi connectivity index (χ0) is 16.8. The van der Waals surface area contributed by atoms with E-state index in [-0.39, 0.29) is 6.04 Å². The summed E-state index contributed by atoms with van der Waals surface area (Å²) in [6.07, 6.45) is -2.18. The highest BCUT2D eigenvalue weighted by molar-refractivity contribution is 8.00. The summed E-state index contributed by atoms with van der Waals surface area (Å²) >= 11 is 9.62. The molecule has 2 nitrogen and oxygen atoms in total. The van der Waals surface area contributed by atoms with Crippen molar-refractivity contribution < 1.29 is 13.2 Å². The van der Waals surface area contributed by atoms with Gasteiger partial charge >= 0.3 is 6.18 Å². The van der Waals surface area contributed by atoms with E-state index in [0.29, 0.717) is 5.56 Å².